The standard InChI is InChI=1S/C19H18FN3O3S/c1-2-26-19(25)23-8-7-14-15(10-21)18(27-16(14)11-23)22-17(24)9-12-3-5-13(20)6-4-12/h3-6H,2,7-9,11H2,1H3,(H,22,24). The van der Waals surface area contributed by atoms with Crippen LogP contribution in [0.2, 0.25) is 0 Å². The number of benzene rings is 1. The van der Waals surface area contributed by atoms with Gasteiger partial charge in [-0.2, -0.15) is 5.26 Å². The van der Waals surface area contributed by atoms with Crippen LogP contribution < -0.4 is 5.32 Å². The summed E-state index contributed by atoms with van der Waals surface area (Å²) in [6.45, 7) is 2.89. The number of thiophene rings is 1. The number of amides is 2. The molecule has 0 radical (unpaired) electrons. The number of halogens is 1. The van der Waals surface area contributed by atoms with Crippen LogP contribution in [0.5, 0.6) is 0 Å². The zero-order valence-corrected chi connectivity index (χ0v) is 15.6. The van der Waals surface area contributed by atoms with E-state index in [4.69, 9.17) is 4.74 Å². The Kier molecular flexibility index (Phi) is 5.72. The predicted molar refractivity (Wildman–Crippen MR) is 98.9 cm³/mol. The lowest BCUT2D eigenvalue weighted by molar-refractivity contribution is -0.115. The minimum Gasteiger partial charge on any atom is -0.450 e. The first-order chi connectivity index (χ1) is 13.0. The van der Waals surface area contributed by atoms with E-state index in [1.165, 1.54) is 23.5 Å². The van der Waals surface area contributed by atoms with Gasteiger partial charge in [-0.1, -0.05) is 12.1 Å². The molecule has 8 heteroatoms. The number of anilines is 1. The van der Waals surface area contributed by atoms with Crippen molar-refractivity contribution in [2.45, 2.75) is 26.3 Å². The van der Waals surface area contributed by atoms with Gasteiger partial charge in [-0.15, -0.1) is 11.3 Å². The smallest absolute Gasteiger partial charge is 0.410 e. The van der Waals surface area contributed by atoms with Gasteiger partial charge in [0, 0.05) is 11.4 Å². The van der Waals surface area contributed by atoms with Gasteiger partial charge in [0.1, 0.15) is 16.9 Å². The minimum absolute atomic E-state index is 0.0860. The fourth-order valence-corrected chi connectivity index (χ4v) is 4.17. The highest BCUT2D eigenvalue weighted by atomic mass is 32.1. The molecular formula is C19H18FN3O3S. The van der Waals surface area contributed by atoms with E-state index in [0.29, 0.717) is 42.2 Å². The van der Waals surface area contributed by atoms with Gasteiger partial charge in [-0.3, -0.25) is 4.79 Å². The minimum atomic E-state index is -0.378. The summed E-state index contributed by atoms with van der Waals surface area (Å²) in [5.74, 6) is -0.637. The van der Waals surface area contributed by atoms with E-state index in [1.807, 2.05) is 0 Å². The molecule has 1 aromatic carbocycles. The number of nitrogens with one attached hydrogen (secondary N) is 1. The molecular weight excluding hydrogens is 369 g/mol. The van der Waals surface area contributed by atoms with Crippen LogP contribution in [-0.4, -0.2) is 30.1 Å². The number of rotatable bonds is 4. The SMILES string of the molecule is CCOC(=O)N1CCc2c(sc(NC(=O)Cc3ccc(F)cc3)c2C#N)C1. The van der Waals surface area contributed by atoms with Crippen molar-refractivity contribution in [2.24, 2.45) is 0 Å². The molecule has 0 saturated heterocycles. The maximum absolute atomic E-state index is 13.0. The Morgan fingerprint density at radius 2 is 2.11 bits per heavy atom. The van der Waals surface area contributed by atoms with Crippen molar-refractivity contribution in [3.63, 3.8) is 0 Å². The molecule has 0 saturated carbocycles. The van der Waals surface area contributed by atoms with Gasteiger partial charge < -0.3 is 15.0 Å². The summed E-state index contributed by atoms with van der Waals surface area (Å²) >= 11 is 1.30. The third-order valence-electron chi connectivity index (χ3n) is 4.23. The molecule has 140 valence electrons. The van der Waals surface area contributed by atoms with E-state index in [1.54, 1.807) is 24.0 Å². The van der Waals surface area contributed by atoms with E-state index < -0.39 is 0 Å². The zero-order valence-electron chi connectivity index (χ0n) is 14.8. The number of carbonyl (C=O) groups excluding carboxylic acids is 2. The summed E-state index contributed by atoms with van der Waals surface area (Å²) in [6.07, 6.45) is 0.251. The van der Waals surface area contributed by atoms with E-state index in [9.17, 15) is 19.2 Å². The highest BCUT2D eigenvalue weighted by Crippen LogP contribution is 2.36. The third kappa shape index (κ3) is 4.26. The van der Waals surface area contributed by atoms with Crippen molar-refractivity contribution in [1.82, 2.24) is 4.90 Å². The number of nitrogens with zero attached hydrogens (tertiary/aromatic N) is 2. The van der Waals surface area contributed by atoms with Crippen molar-refractivity contribution in [1.29, 1.82) is 5.26 Å². The number of hydrogen-bond acceptors (Lipinski definition) is 5. The highest BCUT2D eigenvalue weighted by molar-refractivity contribution is 7.16. The second-order valence-corrected chi connectivity index (χ2v) is 7.15. The van der Waals surface area contributed by atoms with Gasteiger partial charge in [0.25, 0.3) is 0 Å². The topological polar surface area (TPSA) is 82.4 Å². The van der Waals surface area contributed by atoms with Crippen molar-refractivity contribution in [3.8, 4) is 6.07 Å². The fourth-order valence-electron chi connectivity index (χ4n) is 2.94. The van der Waals surface area contributed by atoms with Crippen LogP contribution in [0.25, 0.3) is 0 Å². The molecule has 1 aromatic heterocycles. The summed E-state index contributed by atoms with van der Waals surface area (Å²) in [5.41, 5.74) is 2.01. The third-order valence-corrected chi connectivity index (χ3v) is 5.36. The molecule has 6 nitrogen and oxygen atoms in total. The molecule has 0 spiro atoms. The largest absolute Gasteiger partial charge is 0.450 e. The molecule has 0 bridgehead atoms. The van der Waals surface area contributed by atoms with Crippen LogP contribution in [0.3, 0.4) is 0 Å². The zero-order chi connectivity index (χ0) is 19.4. The van der Waals surface area contributed by atoms with Crippen LogP contribution in [0.1, 0.15) is 28.5 Å². The molecule has 0 atom stereocenters. The highest BCUT2D eigenvalue weighted by Gasteiger charge is 2.28. The quantitative estimate of drug-likeness (QED) is 0.871. The van der Waals surface area contributed by atoms with Crippen LogP contribution in [0, 0.1) is 17.1 Å². The van der Waals surface area contributed by atoms with Crippen LogP contribution in [0.15, 0.2) is 24.3 Å². The summed E-state index contributed by atoms with van der Waals surface area (Å²) in [4.78, 5) is 26.7. The molecule has 2 heterocycles. The van der Waals surface area contributed by atoms with Crippen molar-refractivity contribution in [2.75, 3.05) is 18.5 Å². The maximum atomic E-state index is 13.0. The summed E-state index contributed by atoms with van der Waals surface area (Å²) < 4.78 is 18.0. The first-order valence-electron chi connectivity index (χ1n) is 8.52. The molecule has 1 N–H and O–H groups in total. The van der Waals surface area contributed by atoms with Crippen molar-refractivity contribution in [3.05, 3.63) is 51.7 Å². The molecule has 1 aliphatic heterocycles. The average molecular weight is 387 g/mol. The van der Waals surface area contributed by atoms with Gasteiger partial charge >= 0.3 is 6.09 Å². The molecule has 0 fully saturated rings. The Morgan fingerprint density at radius 3 is 2.78 bits per heavy atom. The van der Waals surface area contributed by atoms with Crippen molar-refractivity contribution < 1.29 is 18.7 Å². The maximum Gasteiger partial charge on any atom is 0.410 e. The molecule has 0 aliphatic carbocycles. The first kappa shape index (κ1) is 18.9. The van der Waals surface area contributed by atoms with E-state index in [-0.39, 0.29) is 24.2 Å². The second kappa shape index (κ2) is 8.18. The number of hydrogen-bond donors (Lipinski definition) is 1. The van der Waals surface area contributed by atoms with E-state index >= 15 is 0 Å². The van der Waals surface area contributed by atoms with Gasteiger partial charge in [0.2, 0.25) is 5.91 Å². The summed E-state index contributed by atoms with van der Waals surface area (Å²) in [7, 11) is 0. The number of nitriles is 1. The Hall–Kier alpha value is -2.92. The van der Waals surface area contributed by atoms with Gasteiger partial charge in [0.15, 0.2) is 0 Å². The molecule has 27 heavy (non-hydrogen) atoms. The van der Waals surface area contributed by atoms with E-state index in [0.717, 1.165) is 10.4 Å². The predicted octanol–water partition coefficient (Wildman–Crippen LogP) is 3.45. The summed E-state index contributed by atoms with van der Waals surface area (Å²) in [5, 5.41) is 12.8. The monoisotopic (exact) mass is 387 g/mol. The lowest BCUT2D eigenvalue weighted by atomic mass is 10.0. The molecule has 3 rings (SSSR count). The van der Waals surface area contributed by atoms with Gasteiger partial charge in [-0.25, -0.2) is 9.18 Å². The Morgan fingerprint density at radius 1 is 1.37 bits per heavy atom. The normalized spacial score (nSPS) is 12.9. The average Bonchev–Trinajstić information content (AvgIpc) is 2.99. The summed E-state index contributed by atoms with van der Waals surface area (Å²) in [6, 6.07) is 7.87. The van der Waals surface area contributed by atoms with Crippen LogP contribution in [0.4, 0.5) is 14.2 Å². The molecule has 2 amide bonds. The first-order valence-corrected chi connectivity index (χ1v) is 9.34. The molecule has 2 aromatic rings. The lowest BCUT2D eigenvalue weighted by Crippen LogP contribution is -2.35. The number of carbonyl (C=O) groups is 2. The Bertz CT molecular complexity index is 902. The second-order valence-electron chi connectivity index (χ2n) is 6.04. The molecule has 1 aliphatic rings. The molecule has 0 unspecified atom stereocenters. The number of fused-ring (bicyclic) bond motifs is 1. The van der Waals surface area contributed by atoms with Crippen LogP contribution in [-0.2, 0) is 28.9 Å². The lowest BCUT2D eigenvalue weighted by Gasteiger charge is -2.25. The van der Waals surface area contributed by atoms with Crippen LogP contribution >= 0.6 is 11.3 Å². The van der Waals surface area contributed by atoms with Gasteiger partial charge in [0.05, 0.1) is 25.1 Å². The fraction of sp³-hybridized carbons (Fsp3) is 0.316. The number of ether oxygens (including phenoxy) is 1. The Labute approximate surface area is 160 Å². The Balaban J connectivity index is 1.73. The van der Waals surface area contributed by atoms with E-state index in [2.05, 4.69) is 11.4 Å². The van der Waals surface area contributed by atoms with Gasteiger partial charge in [-0.05, 0) is 36.6 Å². The van der Waals surface area contributed by atoms with Crippen molar-refractivity contribution >= 4 is 28.3 Å².